The lowest BCUT2D eigenvalue weighted by Gasteiger charge is -2.19. The zero-order chi connectivity index (χ0) is 14.5. The summed E-state index contributed by atoms with van der Waals surface area (Å²) in [5, 5.41) is 2.62. The van der Waals surface area contributed by atoms with E-state index in [1.807, 2.05) is 0 Å². The van der Waals surface area contributed by atoms with E-state index in [4.69, 9.17) is 4.74 Å². The number of carbonyl (C=O) groups excluding carboxylic acids is 2. The average molecular weight is 265 g/mol. The average Bonchev–Trinajstić information content (AvgIpc) is 2.26. The molecule has 0 saturated heterocycles. The lowest BCUT2D eigenvalue weighted by molar-refractivity contribution is -0.139. The molecule has 0 aliphatic heterocycles. The molecule has 1 amide bonds. The van der Waals surface area contributed by atoms with E-state index in [1.54, 1.807) is 45.0 Å². The van der Waals surface area contributed by atoms with Crippen LogP contribution in [0, 0.1) is 0 Å². The van der Waals surface area contributed by atoms with Gasteiger partial charge in [-0.3, -0.25) is 10.1 Å². The van der Waals surface area contributed by atoms with Gasteiger partial charge in [0.15, 0.2) is 0 Å². The summed E-state index contributed by atoms with van der Waals surface area (Å²) in [7, 11) is 1.34. The summed E-state index contributed by atoms with van der Waals surface area (Å²) in [4.78, 5) is 22.8. The minimum atomic E-state index is -0.548. The molecule has 0 aliphatic rings. The van der Waals surface area contributed by atoms with Gasteiger partial charge in [0.05, 0.1) is 13.5 Å². The first kappa shape index (κ1) is 15.0. The Morgan fingerprint density at radius 3 is 2.53 bits per heavy atom. The Balaban J connectivity index is 2.67. The third-order valence-corrected chi connectivity index (χ3v) is 2.15. The van der Waals surface area contributed by atoms with Crippen molar-refractivity contribution in [1.82, 2.24) is 0 Å². The van der Waals surface area contributed by atoms with Crippen LogP contribution in [0.4, 0.5) is 10.5 Å². The van der Waals surface area contributed by atoms with Gasteiger partial charge < -0.3 is 9.47 Å². The number of hydrogen-bond acceptors (Lipinski definition) is 4. The van der Waals surface area contributed by atoms with Gasteiger partial charge in [0.25, 0.3) is 0 Å². The molecular weight excluding hydrogens is 246 g/mol. The molecule has 0 atom stereocenters. The highest BCUT2D eigenvalue weighted by atomic mass is 16.6. The molecule has 104 valence electrons. The van der Waals surface area contributed by atoms with Crippen LogP contribution in [0.25, 0.3) is 0 Å². The van der Waals surface area contributed by atoms with Crippen molar-refractivity contribution in [2.75, 3.05) is 12.4 Å². The van der Waals surface area contributed by atoms with Crippen LogP contribution in [0.2, 0.25) is 0 Å². The lowest BCUT2D eigenvalue weighted by atomic mass is 10.1. The molecule has 0 saturated carbocycles. The van der Waals surface area contributed by atoms with Crippen molar-refractivity contribution in [3.8, 4) is 0 Å². The van der Waals surface area contributed by atoms with Crippen LogP contribution in [0.3, 0.4) is 0 Å². The number of benzene rings is 1. The summed E-state index contributed by atoms with van der Waals surface area (Å²) in [5.74, 6) is -0.325. The Morgan fingerprint density at radius 1 is 1.26 bits per heavy atom. The van der Waals surface area contributed by atoms with Gasteiger partial charge in [-0.25, -0.2) is 4.79 Å². The minimum Gasteiger partial charge on any atom is -0.469 e. The highest BCUT2D eigenvalue weighted by molar-refractivity contribution is 5.85. The molecule has 5 heteroatoms. The lowest BCUT2D eigenvalue weighted by Crippen LogP contribution is -2.27. The van der Waals surface area contributed by atoms with Gasteiger partial charge in [-0.05, 0) is 38.5 Å². The maximum atomic E-state index is 11.6. The molecule has 0 radical (unpaired) electrons. The van der Waals surface area contributed by atoms with Crippen LogP contribution in [0.15, 0.2) is 24.3 Å². The molecule has 0 heterocycles. The van der Waals surface area contributed by atoms with Gasteiger partial charge in [-0.1, -0.05) is 12.1 Å². The van der Waals surface area contributed by atoms with Gasteiger partial charge in [0, 0.05) is 5.69 Å². The molecule has 0 aliphatic carbocycles. The first-order valence-electron chi connectivity index (χ1n) is 5.96. The number of methoxy groups -OCH3 is 1. The van der Waals surface area contributed by atoms with Crippen molar-refractivity contribution >= 4 is 17.7 Å². The molecule has 0 fully saturated rings. The van der Waals surface area contributed by atoms with Crippen LogP contribution in [-0.2, 0) is 20.7 Å². The number of hydrogen-bond donors (Lipinski definition) is 1. The Bertz CT molecular complexity index is 463. The van der Waals surface area contributed by atoms with Crippen LogP contribution in [0.1, 0.15) is 26.3 Å². The van der Waals surface area contributed by atoms with E-state index in [0.29, 0.717) is 5.69 Å². The van der Waals surface area contributed by atoms with Gasteiger partial charge in [-0.2, -0.15) is 0 Å². The highest BCUT2D eigenvalue weighted by Gasteiger charge is 2.16. The standard InChI is InChI=1S/C14H19NO4/c1-14(2,3)19-13(17)15-11-7-5-6-10(8-11)9-12(16)18-4/h5-8H,9H2,1-4H3,(H,15,17). The summed E-state index contributed by atoms with van der Waals surface area (Å²) >= 11 is 0. The second-order valence-electron chi connectivity index (χ2n) is 5.08. The molecule has 1 aromatic rings. The summed E-state index contributed by atoms with van der Waals surface area (Å²) in [5.41, 5.74) is 0.796. The minimum absolute atomic E-state index is 0.167. The smallest absolute Gasteiger partial charge is 0.412 e. The van der Waals surface area contributed by atoms with Crippen molar-refractivity contribution in [2.45, 2.75) is 32.8 Å². The molecule has 1 N–H and O–H groups in total. The van der Waals surface area contributed by atoms with Crippen LogP contribution in [0.5, 0.6) is 0 Å². The van der Waals surface area contributed by atoms with E-state index >= 15 is 0 Å². The molecule has 1 aromatic carbocycles. The summed E-state index contributed by atoms with van der Waals surface area (Å²) in [6.45, 7) is 5.38. The molecule has 5 nitrogen and oxygen atoms in total. The van der Waals surface area contributed by atoms with Crippen LogP contribution in [-0.4, -0.2) is 24.8 Å². The molecule has 1 rings (SSSR count). The number of anilines is 1. The Hall–Kier alpha value is -2.04. The third-order valence-electron chi connectivity index (χ3n) is 2.15. The number of rotatable bonds is 3. The third kappa shape index (κ3) is 5.90. The van der Waals surface area contributed by atoms with Gasteiger partial charge >= 0.3 is 12.1 Å². The fourth-order valence-electron chi connectivity index (χ4n) is 1.42. The first-order valence-corrected chi connectivity index (χ1v) is 5.96. The number of amides is 1. The number of ether oxygens (including phenoxy) is 2. The van der Waals surface area contributed by atoms with Crippen molar-refractivity contribution in [3.05, 3.63) is 29.8 Å². The second-order valence-corrected chi connectivity index (χ2v) is 5.08. The SMILES string of the molecule is COC(=O)Cc1cccc(NC(=O)OC(C)(C)C)c1. The van der Waals surface area contributed by atoms with E-state index in [0.717, 1.165) is 5.56 Å². The van der Waals surface area contributed by atoms with E-state index in [9.17, 15) is 9.59 Å². The zero-order valence-corrected chi connectivity index (χ0v) is 11.6. The monoisotopic (exact) mass is 265 g/mol. The first-order chi connectivity index (χ1) is 8.80. The second kappa shape index (κ2) is 6.22. The largest absolute Gasteiger partial charge is 0.469 e. The maximum absolute atomic E-state index is 11.6. The summed E-state index contributed by atoms with van der Waals surface area (Å²) in [6, 6.07) is 6.98. The molecular formula is C14H19NO4. The van der Waals surface area contributed by atoms with Crippen molar-refractivity contribution in [1.29, 1.82) is 0 Å². The number of carbonyl (C=O) groups is 2. The van der Waals surface area contributed by atoms with Crippen LogP contribution >= 0.6 is 0 Å². The van der Waals surface area contributed by atoms with Crippen molar-refractivity contribution < 1.29 is 19.1 Å². The van der Waals surface area contributed by atoms with E-state index in [2.05, 4.69) is 10.1 Å². The van der Waals surface area contributed by atoms with Gasteiger partial charge in [0.2, 0.25) is 0 Å². The normalized spacial score (nSPS) is 10.7. The van der Waals surface area contributed by atoms with E-state index < -0.39 is 11.7 Å². The fourth-order valence-corrected chi connectivity index (χ4v) is 1.42. The van der Waals surface area contributed by atoms with E-state index in [1.165, 1.54) is 7.11 Å². The maximum Gasteiger partial charge on any atom is 0.412 e. The topological polar surface area (TPSA) is 64.6 Å². The van der Waals surface area contributed by atoms with Crippen molar-refractivity contribution in [3.63, 3.8) is 0 Å². The zero-order valence-electron chi connectivity index (χ0n) is 11.6. The summed E-state index contributed by atoms with van der Waals surface area (Å²) in [6.07, 6.45) is -0.358. The quantitative estimate of drug-likeness (QED) is 0.853. The fraction of sp³-hybridized carbons (Fsp3) is 0.429. The van der Waals surface area contributed by atoms with Crippen molar-refractivity contribution in [2.24, 2.45) is 0 Å². The van der Waals surface area contributed by atoms with Gasteiger partial charge in [0.1, 0.15) is 5.60 Å². The Labute approximate surface area is 112 Å². The summed E-state index contributed by atoms with van der Waals surface area (Å²) < 4.78 is 9.73. The Kier molecular flexibility index (Phi) is 4.92. The van der Waals surface area contributed by atoms with Gasteiger partial charge in [-0.15, -0.1) is 0 Å². The highest BCUT2D eigenvalue weighted by Crippen LogP contribution is 2.14. The Morgan fingerprint density at radius 2 is 1.95 bits per heavy atom. The molecule has 0 spiro atoms. The predicted molar refractivity (Wildman–Crippen MR) is 72.0 cm³/mol. The molecule has 0 bridgehead atoms. The van der Waals surface area contributed by atoms with E-state index in [-0.39, 0.29) is 12.4 Å². The molecule has 0 aromatic heterocycles. The molecule has 19 heavy (non-hydrogen) atoms. The predicted octanol–water partition coefficient (Wildman–Crippen LogP) is 2.75. The number of esters is 1. The van der Waals surface area contributed by atoms with Crippen LogP contribution < -0.4 is 5.32 Å². The number of nitrogens with one attached hydrogen (secondary N) is 1. The molecule has 0 unspecified atom stereocenters.